The van der Waals surface area contributed by atoms with Crippen LogP contribution in [-0.4, -0.2) is 50.5 Å². The molecule has 2 N–H and O–H groups in total. The Labute approximate surface area is 131 Å². The van der Waals surface area contributed by atoms with Crippen LogP contribution in [-0.2, 0) is 0 Å². The second-order valence-electron chi connectivity index (χ2n) is 5.31. The number of amides is 1. The number of piperidine rings is 1. The van der Waals surface area contributed by atoms with E-state index in [4.69, 9.17) is 9.84 Å². The Morgan fingerprint density at radius 2 is 2.04 bits per heavy atom. The molecule has 23 heavy (non-hydrogen) atoms. The lowest BCUT2D eigenvalue weighted by atomic mass is 10.1. The Balaban J connectivity index is 1.62. The quantitative estimate of drug-likeness (QED) is 0.885. The number of rotatable bonds is 3. The van der Waals surface area contributed by atoms with Crippen LogP contribution in [0, 0.1) is 0 Å². The van der Waals surface area contributed by atoms with E-state index in [-0.39, 0.29) is 11.7 Å². The molecule has 0 saturated carbocycles. The van der Waals surface area contributed by atoms with Crippen LogP contribution in [0.2, 0.25) is 0 Å². The number of nitrogens with one attached hydrogen (secondary N) is 1. The fraction of sp³-hybridized carbons (Fsp3) is 0.333. The SMILES string of the molecule is O=C(O)N1CCC(Oc2ccc(-c3cn[nH]c(=O)c3)cn2)CC1. The summed E-state index contributed by atoms with van der Waals surface area (Å²) >= 11 is 0. The van der Waals surface area contributed by atoms with E-state index in [0.29, 0.717) is 37.4 Å². The molecular formula is C15H16N4O4. The normalized spacial score (nSPS) is 15.4. The molecule has 1 fully saturated rings. The molecule has 2 aromatic heterocycles. The monoisotopic (exact) mass is 316 g/mol. The summed E-state index contributed by atoms with van der Waals surface area (Å²) in [4.78, 5) is 27.7. The number of nitrogens with zero attached hydrogens (tertiary/aromatic N) is 3. The number of carboxylic acid groups (broad SMARTS) is 1. The van der Waals surface area contributed by atoms with Crippen LogP contribution in [0.5, 0.6) is 5.88 Å². The highest BCUT2D eigenvalue weighted by Crippen LogP contribution is 2.21. The number of likely N-dealkylation sites (tertiary alicyclic amines) is 1. The van der Waals surface area contributed by atoms with Crippen LogP contribution in [0.4, 0.5) is 4.79 Å². The fourth-order valence-corrected chi connectivity index (χ4v) is 2.49. The van der Waals surface area contributed by atoms with Gasteiger partial charge in [0.25, 0.3) is 5.56 Å². The molecule has 1 saturated heterocycles. The van der Waals surface area contributed by atoms with E-state index in [1.807, 2.05) is 6.07 Å². The third-order valence-corrected chi connectivity index (χ3v) is 3.73. The van der Waals surface area contributed by atoms with Crippen molar-refractivity contribution in [3.8, 4) is 17.0 Å². The second kappa shape index (κ2) is 6.47. The summed E-state index contributed by atoms with van der Waals surface area (Å²) in [6.45, 7) is 0.938. The van der Waals surface area contributed by atoms with Gasteiger partial charge in [-0.1, -0.05) is 0 Å². The first-order chi connectivity index (χ1) is 11.1. The number of hydrogen-bond acceptors (Lipinski definition) is 5. The maximum Gasteiger partial charge on any atom is 0.407 e. The first-order valence-corrected chi connectivity index (χ1v) is 7.27. The second-order valence-corrected chi connectivity index (χ2v) is 5.31. The first kappa shape index (κ1) is 15.0. The zero-order chi connectivity index (χ0) is 16.2. The van der Waals surface area contributed by atoms with Crippen LogP contribution in [0.25, 0.3) is 11.1 Å². The Morgan fingerprint density at radius 3 is 2.65 bits per heavy atom. The molecule has 8 heteroatoms. The molecular weight excluding hydrogens is 300 g/mol. The van der Waals surface area contributed by atoms with Gasteiger partial charge in [0.15, 0.2) is 0 Å². The van der Waals surface area contributed by atoms with Crippen molar-refractivity contribution in [2.75, 3.05) is 13.1 Å². The van der Waals surface area contributed by atoms with Gasteiger partial charge in [0.05, 0.1) is 6.20 Å². The summed E-state index contributed by atoms with van der Waals surface area (Å²) in [6, 6.07) is 5.00. The van der Waals surface area contributed by atoms with Crippen molar-refractivity contribution in [1.82, 2.24) is 20.1 Å². The first-order valence-electron chi connectivity index (χ1n) is 7.27. The molecule has 1 aliphatic rings. The minimum Gasteiger partial charge on any atom is -0.474 e. The molecule has 3 heterocycles. The summed E-state index contributed by atoms with van der Waals surface area (Å²) in [6.07, 6.45) is 3.54. The predicted molar refractivity (Wildman–Crippen MR) is 81.3 cm³/mol. The van der Waals surface area contributed by atoms with Gasteiger partial charge in [-0.25, -0.2) is 14.9 Å². The zero-order valence-corrected chi connectivity index (χ0v) is 12.3. The lowest BCUT2D eigenvalue weighted by molar-refractivity contribution is 0.0871. The lowest BCUT2D eigenvalue weighted by Gasteiger charge is -2.29. The Bertz CT molecular complexity index is 736. The van der Waals surface area contributed by atoms with Gasteiger partial charge in [-0.05, 0) is 6.07 Å². The fourth-order valence-electron chi connectivity index (χ4n) is 2.49. The van der Waals surface area contributed by atoms with Crippen molar-refractivity contribution >= 4 is 6.09 Å². The molecule has 2 aromatic rings. The summed E-state index contributed by atoms with van der Waals surface area (Å²) in [5.74, 6) is 0.486. The number of aromatic nitrogens is 3. The number of ether oxygens (including phenoxy) is 1. The highest BCUT2D eigenvalue weighted by molar-refractivity contribution is 5.65. The van der Waals surface area contributed by atoms with E-state index in [2.05, 4.69) is 15.2 Å². The van der Waals surface area contributed by atoms with E-state index >= 15 is 0 Å². The van der Waals surface area contributed by atoms with E-state index in [1.165, 1.54) is 11.0 Å². The Kier molecular flexibility index (Phi) is 4.22. The standard InChI is InChI=1S/C15H16N4O4/c20-13-7-11(9-17-18-13)10-1-2-14(16-8-10)23-12-3-5-19(6-4-12)15(21)22/h1-2,7-9,12H,3-6H2,(H,18,20)(H,21,22). The number of hydrogen-bond donors (Lipinski definition) is 2. The van der Waals surface area contributed by atoms with Gasteiger partial charge < -0.3 is 14.7 Å². The summed E-state index contributed by atoms with van der Waals surface area (Å²) in [7, 11) is 0. The van der Waals surface area contributed by atoms with Gasteiger partial charge in [-0.3, -0.25) is 4.79 Å². The highest BCUT2D eigenvalue weighted by atomic mass is 16.5. The maximum absolute atomic E-state index is 11.3. The molecule has 0 unspecified atom stereocenters. The minimum absolute atomic E-state index is 0.0369. The molecule has 0 spiro atoms. The largest absolute Gasteiger partial charge is 0.474 e. The Morgan fingerprint density at radius 1 is 1.26 bits per heavy atom. The molecule has 0 atom stereocenters. The van der Waals surface area contributed by atoms with E-state index in [9.17, 15) is 9.59 Å². The summed E-state index contributed by atoms with van der Waals surface area (Å²) < 4.78 is 5.78. The predicted octanol–water partition coefficient (Wildman–Crippen LogP) is 1.35. The van der Waals surface area contributed by atoms with Crippen molar-refractivity contribution in [3.05, 3.63) is 40.9 Å². The van der Waals surface area contributed by atoms with Gasteiger partial charge >= 0.3 is 6.09 Å². The third-order valence-electron chi connectivity index (χ3n) is 3.73. The molecule has 0 bridgehead atoms. The molecule has 0 radical (unpaired) electrons. The summed E-state index contributed by atoms with van der Waals surface area (Å²) in [5, 5.41) is 15.0. The number of carbonyl (C=O) groups is 1. The number of aromatic amines is 1. The number of pyridine rings is 1. The van der Waals surface area contributed by atoms with Crippen LogP contribution in [0.15, 0.2) is 35.4 Å². The molecule has 8 nitrogen and oxygen atoms in total. The van der Waals surface area contributed by atoms with Gasteiger partial charge in [-0.15, -0.1) is 0 Å². The van der Waals surface area contributed by atoms with Gasteiger partial charge in [0, 0.05) is 55.4 Å². The van der Waals surface area contributed by atoms with Gasteiger partial charge in [-0.2, -0.15) is 5.10 Å². The molecule has 3 rings (SSSR count). The molecule has 0 aromatic carbocycles. The average molecular weight is 316 g/mol. The summed E-state index contributed by atoms with van der Waals surface area (Å²) in [5.41, 5.74) is 1.19. The third kappa shape index (κ3) is 3.65. The van der Waals surface area contributed by atoms with E-state index in [1.54, 1.807) is 18.5 Å². The molecule has 0 aliphatic carbocycles. The van der Waals surface area contributed by atoms with Crippen LogP contribution < -0.4 is 10.3 Å². The zero-order valence-electron chi connectivity index (χ0n) is 12.3. The van der Waals surface area contributed by atoms with Gasteiger partial charge in [0.2, 0.25) is 5.88 Å². The van der Waals surface area contributed by atoms with Crippen LogP contribution >= 0.6 is 0 Å². The maximum atomic E-state index is 11.3. The topological polar surface area (TPSA) is 108 Å². The lowest BCUT2D eigenvalue weighted by Crippen LogP contribution is -2.41. The average Bonchev–Trinajstić information content (AvgIpc) is 2.56. The minimum atomic E-state index is -0.891. The highest BCUT2D eigenvalue weighted by Gasteiger charge is 2.23. The van der Waals surface area contributed by atoms with E-state index < -0.39 is 6.09 Å². The van der Waals surface area contributed by atoms with Crippen molar-refractivity contribution in [2.24, 2.45) is 0 Å². The van der Waals surface area contributed by atoms with Crippen molar-refractivity contribution in [3.63, 3.8) is 0 Å². The van der Waals surface area contributed by atoms with Gasteiger partial charge in [0.1, 0.15) is 6.10 Å². The molecule has 120 valence electrons. The van der Waals surface area contributed by atoms with Crippen LogP contribution in [0.3, 0.4) is 0 Å². The smallest absolute Gasteiger partial charge is 0.407 e. The Hall–Kier alpha value is -2.90. The van der Waals surface area contributed by atoms with Crippen molar-refractivity contribution < 1.29 is 14.6 Å². The van der Waals surface area contributed by atoms with E-state index in [0.717, 1.165) is 5.56 Å². The van der Waals surface area contributed by atoms with Crippen molar-refractivity contribution in [1.29, 1.82) is 0 Å². The molecule has 1 amide bonds. The number of H-pyrrole nitrogens is 1. The van der Waals surface area contributed by atoms with Crippen LogP contribution in [0.1, 0.15) is 12.8 Å². The van der Waals surface area contributed by atoms with Crippen molar-refractivity contribution in [2.45, 2.75) is 18.9 Å². The molecule has 1 aliphatic heterocycles.